The van der Waals surface area contributed by atoms with Crippen molar-refractivity contribution < 1.29 is 17.6 Å². The zero-order chi connectivity index (χ0) is 22.5. The lowest BCUT2D eigenvalue weighted by atomic mass is 10.1. The second-order valence-electron chi connectivity index (χ2n) is 7.46. The lowest BCUT2D eigenvalue weighted by Gasteiger charge is -2.25. The molecule has 1 aliphatic rings. The normalized spacial score (nSPS) is 12.9. The zero-order valence-electron chi connectivity index (χ0n) is 17.1. The van der Waals surface area contributed by atoms with Crippen LogP contribution in [0.3, 0.4) is 0 Å². The first kappa shape index (κ1) is 19.9. The smallest absolute Gasteiger partial charge is 0.265 e. The quantitative estimate of drug-likeness (QED) is 0.430. The van der Waals surface area contributed by atoms with E-state index in [1.165, 1.54) is 15.5 Å². The van der Waals surface area contributed by atoms with Crippen LogP contribution in [0, 0.1) is 12.3 Å². The SMILES string of the molecule is C#Cc1cccc(N(Cc2ccco2)S(=O)(=O)c2ccc3c4c(cccc24)C(=O)N3C)c1. The van der Waals surface area contributed by atoms with Crippen molar-refractivity contribution in [2.24, 2.45) is 0 Å². The fraction of sp³-hybridized carbons (Fsp3) is 0.0800. The van der Waals surface area contributed by atoms with Gasteiger partial charge in [-0.05, 0) is 48.5 Å². The first-order chi connectivity index (χ1) is 15.4. The topological polar surface area (TPSA) is 70.8 Å². The standard InChI is InChI=1S/C25H18N2O4S/c1-3-17-7-4-8-18(15-17)27(16-19-9-6-14-31-19)32(29,30)23-13-12-22-24-20(23)10-5-11-21(24)25(28)26(22)2/h1,4-15H,16H2,2H3. The first-order valence-corrected chi connectivity index (χ1v) is 11.3. The van der Waals surface area contributed by atoms with E-state index in [-0.39, 0.29) is 17.3 Å². The van der Waals surface area contributed by atoms with Gasteiger partial charge in [-0.2, -0.15) is 0 Å². The number of nitrogens with zero attached hydrogens (tertiary/aromatic N) is 2. The number of rotatable bonds is 5. The van der Waals surface area contributed by atoms with Gasteiger partial charge >= 0.3 is 0 Å². The van der Waals surface area contributed by atoms with Gasteiger partial charge in [0.15, 0.2) is 0 Å². The van der Waals surface area contributed by atoms with Gasteiger partial charge in [-0.25, -0.2) is 8.42 Å². The minimum Gasteiger partial charge on any atom is -0.467 e. The number of hydrogen-bond donors (Lipinski definition) is 0. The van der Waals surface area contributed by atoms with E-state index in [9.17, 15) is 13.2 Å². The van der Waals surface area contributed by atoms with Crippen molar-refractivity contribution in [3.8, 4) is 12.3 Å². The predicted octanol–water partition coefficient (Wildman–Crippen LogP) is 4.40. The number of furan rings is 1. The molecule has 0 atom stereocenters. The number of carbonyl (C=O) groups excluding carboxylic acids is 1. The van der Waals surface area contributed by atoms with E-state index < -0.39 is 10.0 Å². The molecule has 0 saturated carbocycles. The molecule has 32 heavy (non-hydrogen) atoms. The Morgan fingerprint density at radius 3 is 2.62 bits per heavy atom. The molecule has 0 saturated heterocycles. The summed E-state index contributed by atoms with van der Waals surface area (Å²) >= 11 is 0. The van der Waals surface area contributed by atoms with Crippen molar-refractivity contribution in [3.63, 3.8) is 0 Å². The maximum atomic E-state index is 14.0. The molecule has 2 heterocycles. The summed E-state index contributed by atoms with van der Waals surface area (Å²) < 4.78 is 34.7. The largest absolute Gasteiger partial charge is 0.467 e. The third kappa shape index (κ3) is 2.96. The number of sulfonamides is 1. The Hall–Kier alpha value is -4.02. The maximum Gasteiger partial charge on any atom is 0.265 e. The molecule has 6 nitrogen and oxygen atoms in total. The van der Waals surface area contributed by atoms with Gasteiger partial charge in [0.2, 0.25) is 0 Å². The molecular formula is C25H18N2O4S. The highest BCUT2D eigenvalue weighted by atomic mass is 32.2. The Kier molecular flexibility index (Phi) is 4.54. The highest BCUT2D eigenvalue weighted by molar-refractivity contribution is 7.93. The number of carbonyl (C=O) groups is 1. The van der Waals surface area contributed by atoms with Gasteiger partial charge in [0.25, 0.3) is 15.9 Å². The van der Waals surface area contributed by atoms with Gasteiger partial charge in [0.1, 0.15) is 5.76 Å². The van der Waals surface area contributed by atoms with E-state index in [1.807, 2.05) is 0 Å². The maximum absolute atomic E-state index is 14.0. The van der Waals surface area contributed by atoms with Crippen molar-refractivity contribution in [1.29, 1.82) is 0 Å². The fourth-order valence-electron chi connectivity index (χ4n) is 4.06. The van der Waals surface area contributed by atoms with Crippen LogP contribution in [0.1, 0.15) is 21.7 Å². The summed E-state index contributed by atoms with van der Waals surface area (Å²) in [4.78, 5) is 14.3. The van der Waals surface area contributed by atoms with Crippen LogP contribution >= 0.6 is 0 Å². The van der Waals surface area contributed by atoms with Crippen molar-refractivity contribution in [2.45, 2.75) is 11.4 Å². The number of anilines is 2. The van der Waals surface area contributed by atoms with Crippen LogP contribution in [-0.2, 0) is 16.6 Å². The molecule has 0 spiro atoms. The Morgan fingerprint density at radius 1 is 1.06 bits per heavy atom. The molecule has 1 amide bonds. The molecule has 4 aromatic rings. The van der Waals surface area contributed by atoms with Crippen LogP contribution in [-0.4, -0.2) is 21.4 Å². The number of hydrogen-bond acceptors (Lipinski definition) is 4. The number of amides is 1. The predicted molar refractivity (Wildman–Crippen MR) is 123 cm³/mol. The van der Waals surface area contributed by atoms with Crippen LogP contribution < -0.4 is 9.21 Å². The minimum atomic E-state index is -4.05. The molecule has 0 aliphatic carbocycles. The van der Waals surface area contributed by atoms with Crippen LogP contribution in [0.15, 0.2) is 82.3 Å². The molecule has 158 valence electrons. The third-order valence-electron chi connectivity index (χ3n) is 5.62. The van der Waals surface area contributed by atoms with Gasteiger partial charge in [0.05, 0.1) is 29.1 Å². The summed E-state index contributed by atoms with van der Waals surface area (Å²) in [6, 6.07) is 18.6. The highest BCUT2D eigenvalue weighted by Gasteiger charge is 2.33. The summed E-state index contributed by atoms with van der Waals surface area (Å²) in [6.45, 7) is -0.00880. The molecule has 0 N–H and O–H groups in total. The Bertz CT molecular complexity index is 1520. The second-order valence-corrected chi connectivity index (χ2v) is 9.29. The summed E-state index contributed by atoms with van der Waals surface area (Å²) in [7, 11) is -2.37. The van der Waals surface area contributed by atoms with E-state index in [2.05, 4.69) is 5.92 Å². The van der Waals surface area contributed by atoms with Crippen LogP contribution in [0.4, 0.5) is 11.4 Å². The summed E-state index contributed by atoms with van der Waals surface area (Å²) in [6.07, 6.45) is 7.04. The molecule has 0 radical (unpaired) electrons. The van der Waals surface area contributed by atoms with E-state index in [1.54, 1.807) is 73.8 Å². The number of benzene rings is 3. The average Bonchev–Trinajstić information content (AvgIpc) is 3.41. The lowest BCUT2D eigenvalue weighted by Crippen LogP contribution is -2.30. The second kappa shape index (κ2) is 7.29. The van der Waals surface area contributed by atoms with Crippen LogP contribution in [0.2, 0.25) is 0 Å². The highest BCUT2D eigenvalue weighted by Crippen LogP contribution is 2.40. The fourth-order valence-corrected chi connectivity index (χ4v) is 5.68. The first-order valence-electron chi connectivity index (χ1n) is 9.87. The van der Waals surface area contributed by atoms with E-state index in [0.717, 1.165) is 0 Å². The van der Waals surface area contributed by atoms with Crippen molar-refractivity contribution in [2.75, 3.05) is 16.3 Å². The van der Waals surface area contributed by atoms with Crippen LogP contribution in [0.25, 0.3) is 10.8 Å². The van der Waals surface area contributed by atoms with Gasteiger partial charge in [-0.1, -0.05) is 24.1 Å². The van der Waals surface area contributed by atoms with Gasteiger partial charge in [-0.15, -0.1) is 6.42 Å². The minimum absolute atomic E-state index is 0.00880. The van der Waals surface area contributed by atoms with Gasteiger partial charge in [-0.3, -0.25) is 9.10 Å². The van der Waals surface area contributed by atoms with E-state index in [4.69, 9.17) is 10.8 Å². The summed E-state index contributed by atoms with van der Waals surface area (Å²) in [5.41, 5.74) is 2.17. The Morgan fingerprint density at radius 2 is 1.88 bits per heavy atom. The van der Waals surface area contributed by atoms with Gasteiger partial charge < -0.3 is 9.32 Å². The summed E-state index contributed by atoms with van der Waals surface area (Å²) in [5.74, 6) is 2.88. The van der Waals surface area contributed by atoms with Crippen molar-refractivity contribution >= 4 is 38.1 Å². The molecule has 0 fully saturated rings. The van der Waals surface area contributed by atoms with E-state index >= 15 is 0 Å². The molecule has 5 rings (SSSR count). The Balaban J connectivity index is 1.73. The Labute approximate surface area is 185 Å². The van der Waals surface area contributed by atoms with Crippen molar-refractivity contribution in [1.82, 2.24) is 0 Å². The molecule has 0 unspecified atom stereocenters. The van der Waals surface area contributed by atoms with Crippen LogP contribution in [0.5, 0.6) is 0 Å². The average molecular weight is 442 g/mol. The molecular weight excluding hydrogens is 424 g/mol. The molecule has 7 heteroatoms. The van der Waals surface area contributed by atoms with E-state index in [0.29, 0.717) is 39.0 Å². The van der Waals surface area contributed by atoms with Crippen molar-refractivity contribution in [3.05, 3.63) is 89.9 Å². The molecule has 1 aromatic heterocycles. The molecule has 1 aliphatic heterocycles. The summed E-state index contributed by atoms with van der Waals surface area (Å²) in [5, 5.41) is 1.13. The third-order valence-corrected chi connectivity index (χ3v) is 7.46. The molecule has 0 bridgehead atoms. The zero-order valence-corrected chi connectivity index (χ0v) is 18.0. The lowest BCUT2D eigenvalue weighted by molar-refractivity contribution is 0.0999. The number of terminal acetylenes is 1. The monoisotopic (exact) mass is 442 g/mol. The van der Waals surface area contributed by atoms with Gasteiger partial charge in [0, 0.05) is 28.9 Å². The molecule has 3 aromatic carbocycles.